The van der Waals surface area contributed by atoms with Gasteiger partial charge in [0.25, 0.3) is 0 Å². The lowest BCUT2D eigenvalue weighted by Crippen LogP contribution is -2.51. The topological polar surface area (TPSA) is 32.8 Å². The first-order valence-corrected chi connectivity index (χ1v) is 10.8. The van der Waals surface area contributed by atoms with E-state index in [1.165, 1.54) is 23.4 Å². The Kier molecular flexibility index (Phi) is 5.07. The third-order valence-corrected chi connectivity index (χ3v) is 6.85. The van der Waals surface area contributed by atoms with Crippen molar-refractivity contribution in [1.82, 2.24) is 9.80 Å². The van der Waals surface area contributed by atoms with E-state index in [1.807, 2.05) is 17.0 Å². The molecule has 3 fully saturated rings. The van der Waals surface area contributed by atoms with Crippen LogP contribution in [-0.4, -0.2) is 48.1 Å². The summed E-state index contributed by atoms with van der Waals surface area (Å²) in [6.07, 6.45) is 2.98. The van der Waals surface area contributed by atoms with Crippen molar-refractivity contribution in [2.45, 2.75) is 31.4 Å². The highest BCUT2D eigenvalue weighted by atomic mass is 19.1. The van der Waals surface area contributed by atoms with Crippen molar-refractivity contribution in [2.24, 2.45) is 5.92 Å². The van der Waals surface area contributed by atoms with Gasteiger partial charge in [0.1, 0.15) is 12.4 Å². The molecule has 30 heavy (non-hydrogen) atoms. The Morgan fingerprint density at radius 1 is 1.13 bits per heavy atom. The van der Waals surface area contributed by atoms with Crippen LogP contribution >= 0.6 is 0 Å². The van der Waals surface area contributed by atoms with Crippen LogP contribution < -0.4 is 0 Å². The third kappa shape index (κ3) is 3.52. The number of hydrogen-bond donors (Lipinski definition) is 0. The summed E-state index contributed by atoms with van der Waals surface area (Å²) in [5, 5.41) is 0. The largest absolute Gasteiger partial charge is 0.373 e. The van der Waals surface area contributed by atoms with Crippen LogP contribution in [0.25, 0.3) is 0 Å². The van der Waals surface area contributed by atoms with E-state index in [0.29, 0.717) is 12.5 Å². The number of nitrogens with zero attached hydrogens (tertiary/aromatic N) is 2. The fraction of sp³-hybridized carbons (Fsp3) is 0.400. The number of amides is 1. The molecule has 1 amide bonds. The molecular formula is C25H27FN2O2. The van der Waals surface area contributed by atoms with Gasteiger partial charge in [-0.2, -0.15) is 0 Å². The summed E-state index contributed by atoms with van der Waals surface area (Å²) in [4.78, 5) is 17.5. The number of allylic oxidation sites excluding steroid dienone is 1. The standard InChI is InChI=1S/C25H27FN2O2/c1-17-14-20-10-12-27(17)15-23(20)30-16-24(29)28-13-11-18-4-2-3-5-22(18)25(28)19-6-8-21(26)9-7-19/h2-9,20,23,25H,1,10-16H2/t20?,23-,25+/m1/s1. The lowest BCUT2D eigenvalue weighted by Gasteiger charge is -2.47. The van der Waals surface area contributed by atoms with E-state index in [1.54, 1.807) is 12.1 Å². The summed E-state index contributed by atoms with van der Waals surface area (Å²) >= 11 is 0. The number of halogens is 1. The van der Waals surface area contributed by atoms with Crippen LogP contribution in [0.15, 0.2) is 60.8 Å². The molecular weight excluding hydrogens is 379 g/mol. The number of carbonyl (C=O) groups excluding carboxylic acids is 1. The molecule has 2 aromatic carbocycles. The first-order valence-electron chi connectivity index (χ1n) is 10.8. The van der Waals surface area contributed by atoms with Crippen LogP contribution in [0.3, 0.4) is 0 Å². The van der Waals surface area contributed by atoms with Crippen LogP contribution in [0, 0.1) is 11.7 Å². The van der Waals surface area contributed by atoms with Crippen molar-refractivity contribution in [3.63, 3.8) is 0 Å². The Labute approximate surface area is 176 Å². The van der Waals surface area contributed by atoms with Crippen molar-refractivity contribution in [3.05, 3.63) is 83.3 Å². The second kappa shape index (κ2) is 7.88. The van der Waals surface area contributed by atoms with Crippen LogP contribution in [0.1, 0.15) is 35.6 Å². The van der Waals surface area contributed by atoms with Gasteiger partial charge in [0.15, 0.2) is 0 Å². The van der Waals surface area contributed by atoms with Gasteiger partial charge in [-0.25, -0.2) is 4.39 Å². The molecule has 3 saturated heterocycles. The highest BCUT2D eigenvalue weighted by Crippen LogP contribution is 2.37. The quantitative estimate of drug-likeness (QED) is 0.772. The Bertz CT molecular complexity index is 958. The molecule has 4 nitrogen and oxygen atoms in total. The normalized spacial score (nSPS) is 25.4. The molecule has 4 aliphatic rings. The van der Waals surface area contributed by atoms with Gasteiger partial charge in [-0.1, -0.05) is 43.0 Å². The third-order valence-electron chi connectivity index (χ3n) is 6.85. The molecule has 0 N–H and O–H groups in total. The number of carbonyl (C=O) groups is 1. The SMILES string of the molecule is C=C1CC2CCN1C[C@H]2OCC(=O)N1CCc2ccccc2[C@@H]1c1ccc(F)cc1. The maximum Gasteiger partial charge on any atom is 0.249 e. The highest BCUT2D eigenvalue weighted by molar-refractivity contribution is 5.79. The predicted octanol–water partition coefficient (Wildman–Crippen LogP) is 3.92. The predicted molar refractivity (Wildman–Crippen MR) is 113 cm³/mol. The summed E-state index contributed by atoms with van der Waals surface area (Å²) in [5.74, 6) is 0.187. The number of hydrogen-bond acceptors (Lipinski definition) is 3. The van der Waals surface area contributed by atoms with Crippen molar-refractivity contribution < 1.29 is 13.9 Å². The number of benzene rings is 2. The van der Waals surface area contributed by atoms with E-state index in [-0.39, 0.29) is 30.5 Å². The zero-order valence-corrected chi connectivity index (χ0v) is 17.1. The summed E-state index contributed by atoms with van der Waals surface area (Å²) in [6.45, 7) is 6.74. The van der Waals surface area contributed by atoms with Crippen LogP contribution in [-0.2, 0) is 16.0 Å². The van der Waals surface area contributed by atoms with Gasteiger partial charge >= 0.3 is 0 Å². The lowest BCUT2D eigenvalue weighted by molar-refractivity contribution is -0.144. The lowest BCUT2D eigenvalue weighted by atomic mass is 9.84. The molecule has 0 aromatic heterocycles. The zero-order valence-electron chi connectivity index (χ0n) is 17.1. The summed E-state index contributed by atoms with van der Waals surface area (Å²) in [6, 6.07) is 14.5. The van der Waals surface area contributed by atoms with Crippen molar-refractivity contribution in [1.29, 1.82) is 0 Å². The fourth-order valence-corrected chi connectivity index (χ4v) is 5.21. The molecule has 3 atom stereocenters. The average Bonchev–Trinajstić information content (AvgIpc) is 2.78. The average molecular weight is 407 g/mol. The van der Waals surface area contributed by atoms with E-state index < -0.39 is 0 Å². The van der Waals surface area contributed by atoms with E-state index in [9.17, 15) is 9.18 Å². The zero-order chi connectivity index (χ0) is 20.7. The smallest absolute Gasteiger partial charge is 0.249 e. The molecule has 2 aromatic rings. The Morgan fingerprint density at radius 3 is 2.67 bits per heavy atom. The van der Waals surface area contributed by atoms with Gasteiger partial charge in [-0.15, -0.1) is 0 Å². The molecule has 156 valence electrons. The van der Waals surface area contributed by atoms with Gasteiger partial charge < -0.3 is 14.5 Å². The molecule has 1 unspecified atom stereocenters. The van der Waals surface area contributed by atoms with Crippen LogP contribution in [0.5, 0.6) is 0 Å². The van der Waals surface area contributed by atoms with E-state index >= 15 is 0 Å². The first kappa shape index (κ1) is 19.3. The summed E-state index contributed by atoms with van der Waals surface area (Å²) in [5.41, 5.74) is 4.48. The minimum absolute atomic E-state index is 0.00546. The van der Waals surface area contributed by atoms with Crippen molar-refractivity contribution in [2.75, 3.05) is 26.2 Å². The van der Waals surface area contributed by atoms with Crippen molar-refractivity contribution in [3.8, 4) is 0 Å². The van der Waals surface area contributed by atoms with E-state index in [2.05, 4.69) is 23.6 Å². The second-order valence-corrected chi connectivity index (χ2v) is 8.60. The maximum absolute atomic E-state index is 13.5. The van der Waals surface area contributed by atoms with Crippen molar-refractivity contribution >= 4 is 5.91 Å². The molecule has 5 heteroatoms. The molecule has 0 spiro atoms. The second-order valence-electron chi connectivity index (χ2n) is 8.60. The fourth-order valence-electron chi connectivity index (χ4n) is 5.21. The molecule has 0 saturated carbocycles. The van der Waals surface area contributed by atoms with Gasteiger partial charge in [0.05, 0.1) is 12.1 Å². The number of piperidine rings is 3. The number of ether oxygens (including phenoxy) is 1. The number of fused-ring (bicyclic) bond motifs is 4. The Hall–Kier alpha value is -2.66. The molecule has 0 aliphatic carbocycles. The molecule has 2 bridgehead atoms. The Balaban J connectivity index is 1.35. The van der Waals surface area contributed by atoms with Gasteiger partial charge in [-0.3, -0.25) is 4.79 Å². The minimum Gasteiger partial charge on any atom is -0.373 e. The Morgan fingerprint density at radius 2 is 1.93 bits per heavy atom. The molecule has 4 aliphatic heterocycles. The maximum atomic E-state index is 13.5. The first-order chi connectivity index (χ1) is 14.6. The van der Waals surface area contributed by atoms with Gasteiger partial charge in [0.2, 0.25) is 5.91 Å². The molecule has 6 rings (SSSR count). The molecule has 4 heterocycles. The van der Waals surface area contributed by atoms with Crippen LogP contribution in [0.4, 0.5) is 4.39 Å². The highest BCUT2D eigenvalue weighted by Gasteiger charge is 2.38. The van der Waals surface area contributed by atoms with E-state index in [4.69, 9.17) is 4.74 Å². The number of rotatable bonds is 4. The van der Waals surface area contributed by atoms with Gasteiger partial charge in [0, 0.05) is 25.3 Å². The van der Waals surface area contributed by atoms with E-state index in [0.717, 1.165) is 43.5 Å². The monoisotopic (exact) mass is 406 g/mol. The van der Waals surface area contributed by atoms with Gasteiger partial charge in [-0.05, 0) is 54.0 Å². The minimum atomic E-state index is -0.270. The van der Waals surface area contributed by atoms with Crippen LogP contribution in [0.2, 0.25) is 0 Å². The molecule has 0 radical (unpaired) electrons. The summed E-state index contributed by atoms with van der Waals surface area (Å²) in [7, 11) is 0. The summed E-state index contributed by atoms with van der Waals surface area (Å²) < 4.78 is 19.7.